The van der Waals surface area contributed by atoms with E-state index in [1.165, 1.54) is 0 Å². The summed E-state index contributed by atoms with van der Waals surface area (Å²) in [5, 5.41) is 11.7. The van der Waals surface area contributed by atoms with E-state index in [1.807, 2.05) is 36.4 Å². The number of hydrogen-bond donors (Lipinski definition) is 3. The lowest BCUT2D eigenvalue weighted by Gasteiger charge is -2.19. The van der Waals surface area contributed by atoms with E-state index in [1.54, 1.807) is 6.92 Å². The predicted molar refractivity (Wildman–Crippen MR) is 116 cm³/mol. The third-order valence-corrected chi connectivity index (χ3v) is 5.94. The highest BCUT2D eigenvalue weighted by molar-refractivity contribution is 5.85. The zero-order chi connectivity index (χ0) is 22.7. The van der Waals surface area contributed by atoms with Crippen LogP contribution >= 0.6 is 0 Å². The maximum absolute atomic E-state index is 12.4. The Morgan fingerprint density at radius 3 is 2.16 bits per heavy atom. The summed E-state index contributed by atoms with van der Waals surface area (Å²) >= 11 is 0. The normalized spacial score (nSPS) is 16.4. The van der Waals surface area contributed by atoms with E-state index < -0.39 is 30.1 Å². The number of ether oxygens (including phenoxy) is 1. The highest BCUT2D eigenvalue weighted by Crippen LogP contribution is 2.44. The monoisotopic (exact) mass is 438 g/mol. The van der Waals surface area contributed by atoms with Crippen molar-refractivity contribution in [2.75, 3.05) is 6.61 Å². The Bertz CT molecular complexity index is 974. The molecule has 8 nitrogen and oxygen atoms in total. The summed E-state index contributed by atoms with van der Waals surface area (Å²) in [6.45, 7) is 1.86. The number of alkyl carbamates (subject to hydrolysis) is 1. The van der Waals surface area contributed by atoms with Gasteiger partial charge < -0.3 is 15.2 Å². The van der Waals surface area contributed by atoms with Crippen molar-refractivity contribution in [3.05, 3.63) is 59.7 Å². The molecule has 1 saturated carbocycles. The van der Waals surface area contributed by atoms with E-state index in [4.69, 9.17) is 9.57 Å². The molecule has 2 atom stereocenters. The fourth-order valence-electron chi connectivity index (χ4n) is 4.08. The van der Waals surface area contributed by atoms with Crippen molar-refractivity contribution < 1.29 is 29.1 Å². The molecule has 0 spiro atoms. The lowest BCUT2D eigenvalue weighted by Crippen LogP contribution is -2.48. The van der Waals surface area contributed by atoms with Gasteiger partial charge in [-0.05, 0) is 47.4 Å². The summed E-state index contributed by atoms with van der Waals surface area (Å²) in [5.41, 5.74) is 6.63. The van der Waals surface area contributed by atoms with Gasteiger partial charge in [-0.25, -0.2) is 15.1 Å². The van der Waals surface area contributed by atoms with Crippen LogP contribution in [-0.4, -0.2) is 41.8 Å². The number of nitrogens with one attached hydrogen (secondary N) is 2. The highest BCUT2D eigenvalue weighted by Gasteiger charge is 2.38. The van der Waals surface area contributed by atoms with Gasteiger partial charge in [0.1, 0.15) is 12.6 Å². The van der Waals surface area contributed by atoms with Gasteiger partial charge in [0.25, 0.3) is 5.91 Å². The quantitative estimate of drug-likeness (QED) is 0.518. The van der Waals surface area contributed by atoms with Gasteiger partial charge in [0.15, 0.2) is 6.10 Å². The molecule has 3 N–H and O–H groups in total. The summed E-state index contributed by atoms with van der Waals surface area (Å²) in [4.78, 5) is 41.1. The third-order valence-electron chi connectivity index (χ3n) is 5.94. The van der Waals surface area contributed by atoms with Crippen LogP contribution < -0.4 is 10.8 Å². The molecule has 2 aromatic carbocycles. The van der Waals surface area contributed by atoms with Crippen LogP contribution in [0.2, 0.25) is 0 Å². The molecule has 0 heterocycles. The van der Waals surface area contributed by atoms with Crippen LogP contribution in [0.3, 0.4) is 0 Å². The fraction of sp³-hybridized carbons (Fsp3) is 0.375. The zero-order valence-corrected chi connectivity index (χ0v) is 17.7. The summed E-state index contributed by atoms with van der Waals surface area (Å²) in [7, 11) is 0. The first-order valence-electron chi connectivity index (χ1n) is 10.8. The molecule has 0 radical (unpaired) electrons. The van der Waals surface area contributed by atoms with Gasteiger partial charge in [-0.1, -0.05) is 55.5 Å². The van der Waals surface area contributed by atoms with Gasteiger partial charge in [-0.3, -0.25) is 9.63 Å². The second kappa shape index (κ2) is 9.40. The summed E-state index contributed by atoms with van der Waals surface area (Å²) in [6, 6.07) is 15.1. The number of carboxylic acid groups (broad SMARTS) is 1. The van der Waals surface area contributed by atoms with Gasteiger partial charge in [-0.15, -0.1) is 0 Å². The average molecular weight is 438 g/mol. The van der Waals surface area contributed by atoms with Crippen LogP contribution in [0, 0.1) is 5.92 Å². The number of hydroxylamine groups is 1. The number of fused-ring (bicyclic) bond motifs is 3. The molecule has 1 unspecified atom stereocenters. The van der Waals surface area contributed by atoms with Gasteiger partial charge >= 0.3 is 12.1 Å². The first kappa shape index (κ1) is 21.8. The van der Waals surface area contributed by atoms with E-state index in [2.05, 4.69) is 22.9 Å². The topological polar surface area (TPSA) is 114 Å². The van der Waals surface area contributed by atoms with Gasteiger partial charge in [-0.2, -0.15) is 0 Å². The highest BCUT2D eigenvalue weighted by atomic mass is 16.7. The van der Waals surface area contributed by atoms with Crippen LogP contribution in [0.5, 0.6) is 0 Å². The van der Waals surface area contributed by atoms with E-state index in [0.717, 1.165) is 35.1 Å². The second-order valence-corrected chi connectivity index (χ2v) is 8.11. The first-order chi connectivity index (χ1) is 15.5. The minimum Gasteiger partial charge on any atom is -0.479 e. The standard InChI is InChI=1S/C24H26N2O6/c1-2-20(22(27)26-32-21(23(28)29)14-11-12-14)25-24(30)31-13-19-17-9-5-3-7-15(17)16-8-4-6-10-18(16)19/h3-10,14,19-21H,2,11-13H2,1H3,(H,25,30)(H,26,27)(H,28,29)/t20-,21?/m1/s1. The molecule has 0 aromatic heterocycles. The van der Waals surface area contributed by atoms with Crippen LogP contribution in [0.4, 0.5) is 4.79 Å². The van der Waals surface area contributed by atoms with Crippen molar-refractivity contribution in [1.29, 1.82) is 0 Å². The average Bonchev–Trinajstić information content (AvgIpc) is 3.58. The molecule has 1 fully saturated rings. The lowest BCUT2D eigenvalue weighted by molar-refractivity contribution is -0.163. The van der Waals surface area contributed by atoms with Crippen LogP contribution in [0.1, 0.15) is 43.2 Å². The molecule has 2 aliphatic carbocycles. The SMILES string of the molecule is CC[C@@H](NC(=O)OCC1c2ccccc2-c2ccccc21)C(=O)NOC(C(=O)O)C1CC1. The fourth-order valence-corrected chi connectivity index (χ4v) is 4.08. The summed E-state index contributed by atoms with van der Waals surface area (Å²) in [6.07, 6.45) is 0.00160. The number of aliphatic carboxylic acids is 1. The Labute approximate surface area is 185 Å². The molecular weight excluding hydrogens is 412 g/mol. The van der Waals surface area contributed by atoms with Crippen molar-refractivity contribution in [1.82, 2.24) is 10.8 Å². The summed E-state index contributed by atoms with van der Waals surface area (Å²) in [5.74, 6) is -1.92. The number of hydrogen-bond acceptors (Lipinski definition) is 5. The van der Waals surface area contributed by atoms with E-state index in [0.29, 0.717) is 6.42 Å². The Morgan fingerprint density at radius 1 is 1.03 bits per heavy atom. The molecule has 0 aliphatic heterocycles. The molecule has 2 aromatic rings. The van der Waals surface area contributed by atoms with Crippen LogP contribution in [-0.2, 0) is 19.2 Å². The third kappa shape index (κ3) is 4.60. The number of amides is 2. The molecule has 0 bridgehead atoms. The number of rotatable bonds is 9. The van der Waals surface area contributed by atoms with E-state index in [9.17, 15) is 19.5 Å². The van der Waals surface area contributed by atoms with E-state index >= 15 is 0 Å². The minimum absolute atomic E-state index is 0.0831. The number of carboxylic acids is 1. The maximum Gasteiger partial charge on any atom is 0.407 e. The molecule has 2 aliphatic rings. The maximum atomic E-state index is 12.4. The molecule has 0 saturated heterocycles. The molecule has 8 heteroatoms. The zero-order valence-electron chi connectivity index (χ0n) is 17.7. The van der Waals surface area contributed by atoms with E-state index in [-0.39, 0.29) is 18.4 Å². The Morgan fingerprint density at radius 2 is 1.62 bits per heavy atom. The predicted octanol–water partition coefficient (Wildman–Crippen LogP) is 3.21. The minimum atomic E-state index is -1.12. The van der Waals surface area contributed by atoms with Crippen molar-refractivity contribution >= 4 is 18.0 Å². The first-order valence-corrected chi connectivity index (χ1v) is 10.8. The number of carbonyl (C=O) groups excluding carboxylic acids is 2. The smallest absolute Gasteiger partial charge is 0.407 e. The van der Waals surface area contributed by atoms with Crippen molar-refractivity contribution in [2.45, 2.75) is 44.2 Å². The Hall–Kier alpha value is -3.39. The van der Waals surface area contributed by atoms with Crippen molar-refractivity contribution in [3.63, 3.8) is 0 Å². The Balaban J connectivity index is 1.33. The molecule has 4 rings (SSSR count). The summed E-state index contributed by atoms with van der Waals surface area (Å²) < 4.78 is 5.47. The molecule has 2 amide bonds. The van der Waals surface area contributed by atoms with Crippen LogP contribution in [0.15, 0.2) is 48.5 Å². The van der Waals surface area contributed by atoms with Crippen molar-refractivity contribution in [2.24, 2.45) is 5.92 Å². The molecule has 32 heavy (non-hydrogen) atoms. The van der Waals surface area contributed by atoms with Gasteiger partial charge in [0, 0.05) is 5.92 Å². The largest absolute Gasteiger partial charge is 0.479 e. The van der Waals surface area contributed by atoms with Crippen molar-refractivity contribution in [3.8, 4) is 11.1 Å². The molecular formula is C24H26N2O6. The van der Waals surface area contributed by atoms with Gasteiger partial charge in [0.05, 0.1) is 0 Å². The number of carbonyl (C=O) groups is 3. The Kier molecular flexibility index (Phi) is 6.41. The second-order valence-electron chi connectivity index (χ2n) is 8.11. The van der Waals surface area contributed by atoms with Gasteiger partial charge in [0.2, 0.25) is 0 Å². The van der Waals surface area contributed by atoms with Crippen LogP contribution in [0.25, 0.3) is 11.1 Å². The molecule has 168 valence electrons. The number of benzene rings is 2. The lowest BCUT2D eigenvalue weighted by atomic mass is 9.98.